The van der Waals surface area contributed by atoms with E-state index in [4.69, 9.17) is 0 Å². The molecule has 1 atom stereocenters. The van der Waals surface area contributed by atoms with Gasteiger partial charge >= 0.3 is 0 Å². The predicted octanol–water partition coefficient (Wildman–Crippen LogP) is 3.00. The normalized spacial score (nSPS) is 20.9. The van der Waals surface area contributed by atoms with Gasteiger partial charge in [-0.3, -0.25) is 0 Å². The summed E-state index contributed by atoms with van der Waals surface area (Å²) >= 11 is 0. The minimum Gasteiger partial charge on any atom is -0.366 e. The van der Waals surface area contributed by atoms with Gasteiger partial charge in [-0.1, -0.05) is 32.9 Å². The summed E-state index contributed by atoms with van der Waals surface area (Å²) in [7, 11) is 0. The molecule has 0 spiro atoms. The van der Waals surface area contributed by atoms with E-state index in [-0.39, 0.29) is 0 Å². The molecule has 0 aromatic heterocycles. The average Bonchev–Trinajstić information content (AvgIpc) is 2.39. The van der Waals surface area contributed by atoms with Crippen molar-refractivity contribution in [1.29, 1.82) is 0 Å². The van der Waals surface area contributed by atoms with E-state index in [1.165, 1.54) is 17.7 Å². The van der Waals surface area contributed by atoms with Gasteiger partial charge in [0.05, 0.1) is 0 Å². The monoisotopic (exact) mass is 232 g/mol. The van der Waals surface area contributed by atoms with Crippen molar-refractivity contribution in [3.05, 3.63) is 29.8 Å². The lowest BCUT2D eigenvalue weighted by atomic mass is 10.0. The molecule has 1 aromatic carbocycles. The zero-order valence-corrected chi connectivity index (χ0v) is 11.2. The molecule has 1 fully saturated rings. The number of hydrogen-bond acceptors (Lipinski definition) is 2. The molecule has 1 saturated heterocycles. The number of hydrogen-bond donors (Lipinski definition) is 1. The van der Waals surface area contributed by atoms with Gasteiger partial charge in [0.2, 0.25) is 0 Å². The topological polar surface area (TPSA) is 15.3 Å². The van der Waals surface area contributed by atoms with Gasteiger partial charge in [-0.05, 0) is 30.0 Å². The van der Waals surface area contributed by atoms with E-state index < -0.39 is 0 Å². The second-order valence-corrected chi connectivity index (χ2v) is 5.21. The van der Waals surface area contributed by atoms with Crippen LogP contribution in [-0.2, 0) is 0 Å². The average molecular weight is 232 g/mol. The third kappa shape index (κ3) is 2.81. The first kappa shape index (κ1) is 12.4. The Morgan fingerprint density at radius 2 is 2.24 bits per heavy atom. The summed E-state index contributed by atoms with van der Waals surface area (Å²) in [5, 5.41) is 3.48. The van der Waals surface area contributed by atoms with Crippen molar-refractivity contribution < 1.29 is 0 Å². The molecule has 2 nitrogen and oxygen atoms in total. The van der Waals surface area contributed by atoms with Gasteiger partial charge in [-0.2, -0.15) is 0 Å². The van der Waals surface area contributed by atoms with Gasteiger partial charge in [-0.25, -0.2) is 0 Å². The van der Waals surface area contributed by atoms with Crippen molar-refractivity contribution in [1.82, 2.24) is 5.32 Å². The van der Waals surface area contributed by atoms with Gasteiger partial charge in [0.15, 0.2) is 0 Å². The van der Waals surface area contributed by atoms with Crippen LogP contribution < -0.4 is 10.2 Å². The van der Waals surface area contributed by atoms with Gasteiger partial charge in [0, 0.05) is 31.4 Å². The lowest BCUT2D eigenvalue weighted by Gasteiger charge is -2.38. The summed E-state index contributed by atoms with van der Waals surface area (Å²) in [4.78, 5) is 2.56. The quantitative estimate of drug-likeness (QED) is 0.862. The van der Waals surface area contributed by atoms with Crippen LogP contribution in [0.2, 0.25) is 0 Å². The number of nitrogens with zero attached hydrogens (tertiary/aromatic N) is 1. The first-order valence-electron chi connectivity index (χ1n) is 6.79. The Balaban J connectivity index is 2.22. The Bertz CT molecular complexity index is 360. The Morgan fingerprint density at radius 3 is 2.94 bits per heavy atom. The molecule has 1 N–H and O–H groups in total. The van der Waals surface area contributed by atoms with Crippen LogP contribution in [0, 0.1) is 0 Å². The Hall–Kier alpha value is -1.02. The number of piperazine rings is 1. The second kappa shape index (κ2) is 5.54. The van der Waals surface area contributed by atoms with Crippen molar-refractivity contribution in [2.75, 3.05) is 24.5 Å². The fourth-order valence-corrected chi connectivity index (χ4v) is 2.53. The van der Waals surface area contributed by atoms with Crippen LogP contribution in [0.25, 0.3) is 0 Å². The highest BCUT2D eigenvalue weighted by atomic mass is 15.2. The minimum absolute atomic E-state index is 0.609. The fourth-order valence-electron chi connectivity index (χ4n) is 2.53. The van der Waals surface area contributed by atoms with Gasteiger partial charge in [-0.15, -0.1) is 0 Å². The highest BCUT2D eigenvalue weighted by molar-refractivity contribution is 5.50. The van der Waals surface area contributed by atoms with E-state index in [2.05, 4.69) is 55.3 Å². The van der Waals surface area contributed by atoms with E-state index in [0.29, 0.717) is 12.0 Å². The molecular weight excluding hydrogens is 208 g/mol. The van der Waals surface area contributed by atoms with Crippen molar-refractivity contribution in [3.63, 3.8) is 0 Å². The molecule has 0 amide bonds. The maximum absolute atomic E-state index is 3.48. The van der Waals surface area contributed by atoms with Crippen molar-refractivity contribution in [2.24, 2.45) is 0 Å². The highest BCUT2D eigenvalue weighted by Gasteiger charge is 2.20. The van der Waals surface area contributed by atoms with Crippen molar-refractivity contribution >= 4 is 5.69 Å². The first-order chi connectivity index (χ1) is 8.22. The van der Waals surface area contributed by atoms with Gasteiger partial charge in [0.25, 0.3) is 0 Å². The molecule has 1 aromatic rings. The lowest BCUT2D eigenvalue weighted by molar-refractivity contribution is 0.466. The molecule has 1 aliphatic rings. The maximum Gasteiger partial charge on any atom is 0.0412 e. The number of rotatable bonds is 3. The summed E-state index contributed by atoms with van der Waals surface area (Å²) in [5.74, 6) is 0.609. The van der Waals surface area contributed by atoms with Crippen LogP contribution in [-0.4, -0.2) is 25.7 Å². The molecule has 94 valence electrons. The van der Waals surface area contributed by atoms with Gasteiger partial charge in [0.1, 0.15) is 0 Å². The second-order valence-electron chi connectivity index (χ2n) is 5.21. The highest BCUT2D eigenvalue weighted by Crippen LogP contribution is 2.24. The molecule has 17 heavy (non-hydrogen) atoms. The standard InChI is InChI=1S/C15H24N2/c1-4-14-11-16-8-9-17(14)15-7-5-6-13(10-15)12(2)3/h5-7,10,12,14,16H,4,8-9,11H2,1-3H3. The SMILES string of the molecule is CCC1CNCCN1c1cccc(C(C)C)c1. The zero-order chi connectivity index (χ0) is 12.3. The molecule has 1 heterocycles. The molecule has 2 rings (SSSR count). The number of benzene rings is 1. The third-order valence-corrected chi connectivity index (χ3v) is 3.69. The van der Waals surface area contributed by atoms with Crippen molar-refractivity contribution in [2.45, 2.75) is 39.2 Å². The van der Waals surface area contributed by atoms with E-state index in [1.54, 1.807) is 0 Å². The van der Waals surface area contributed by atoms with Crippen LogP contribution in [0.15, 0.2) is 24.3 Å². The molecule has 0 aliphatic carbocycles. The Morgan fingerprint density at radius 1 is 1.41 bits per heavy atom. The zero-order valence-electron chi connectivity index (χ0n) is 11.2. The molecular formula is C15H24N2. The Kier molecular flexibility index (Phi) is 4.06. The number of nitrogens with one attached hydrogen (secondary N) is 1. The van der Waals surface area contributed by atoms with E-state index >= 15 is 0 Å². The summed E-state index contributed by atoms with van der Waals surface area (Å²) in [6.07, 6.45) is 1.21. The van der Waals surface area contributed by atoms with Crippen molar-refractivity contribution in [3.8, 4) is 0 Å². The molecule has 0 bridgehead atoms. The maximum atomic E-state index is 3.48. The summed E-state index contributed by atoms with van der Waals surface area (Å²) in [6.45, 7) is 10.1. The Labute approximate surface area is 105 Å². The van der Waals surface area contributed by atoms with E-state index in [9.17, 15) is 0 Å². The largest absolute Gasteiger partial charge is 0.366 e. The third-order valence-electron chi connectivity index (χ3n) is 3.69. The van der Waals surface area contributed by atoms with Crippen LogP contribution in [0.1, 0.15) is 38.7 Å². The first-order valence-corrected chi connectivity index (χ1v) is 6.79. The molecule has 1 unspecified atom stereocenters. The van der Waals surface area contributed by atoms with Gasteiger partial charge < -0.3 is 10.2 Å². The molecule has 1 aliphatic heterocycles. The number of anilines is 1. The summed E-state index contributed by atoms with van der Waals surface area (Å²) in [6, 6.07) is 9.68. The lowest BCUT2D eigenvalue weighted by Crippen LogP contribution is -2.51. The minimum atomic E-state index is 0.609. The van der Waals surface area contributed by atoms with E-state index in [1.807, 2.05) is 0 Å². The summed E-state index contributed by atoms with van der Waals surface area (Å²) in [5.41, 5.74) is 2.83. The summed E-state index contributed by atoms with van der Waals surface area (Å²) < 4.78 is 0. The van der Waals surface area contributed by atoms with Crippen LogP contribution >= 0.6 is 0 Å². The molecule has 0 radical (unpaired) electrons. The molecule has 0 saturated carbocycles. The van der Waals surface area contributed by atoms with E-state index in [0.717, 1.165) is 19.6 Å². The van der Waals surface area contributed by atoms with Crippen LogP contribution in [0.4, 0.5) is 5.69 Å². The van der Waals surface area contributed by atoms with Crippen LogP contribution in [0.5, 0.6) is 0 Å². The smallest absolute Gasteiger partial charge is 0.0412 e. The van der Waals surface area contributed by atoms with Crippen LogP contribution in [0.3, 0.4) is 0 Å². The fraction of sp³-hybridized carbons (Fsp3) is 0.600. The molecule has 2 heteroatoms. The predicted molar refractivity (Wildman–Crippen MR) is 74.8 cm³/mol.